The van der Waals surface area contributed by atoms with E-state index in [1.807, 2.05) is 6.92 Å². The minimum Gasteiger partial charge on any atom is -0.392 e. The van der Waals surface area contributed by atoms with Crippen LogP contribution in [0.5, 0.6) is 0 Å². The largest absolute Gasteiger partial charge is 0.392 e. The van der Waals surface area contributed by atoms with E-state index in [9.17, 15) is 0 Å². The van der Waals surface area contributed by atoms with Gasteiger partial charge >= 0.3 is 0 Å². The van der Waals surface area contributed by atoms with Gasteiger partial charge in [0, 0.05) is 0 Å². The average molecular weight is 220 g/mol. The van der Waals surface area contributed by atoms with Crippen LogP contribution < -0.4 is 0 Å². The first kappa shape index (κ1) is 13.2. The van der Waals surface area contributed by atoms with E-state index in [1.54, 1.807) is 0 Å². The summed E-state index contributed by atoms with van der Waals surface area (Å²) >= 11 is 0. The van der Waals surface area contributed by atoms with Gasteiger partial charge in [0.25, 0.3) is 0 Å². The number of aliphatic hydroxyl groups is 1. The van der Waals surface area contributed by atoms with Crippen molar-refractivity contribution in [2.75, 3.05) is 6.61 Å². The summed E-state index contributed by atoms with van der Waals surface area (Å²) in [6.07, 6.45) is 10.2. The van der Waals surface area contributed by atoms with Crippen LogP contribution in [0.2, 0.25) is 0 Å². The molecule has 1 nitrogen and oxygen atoms in total. The van der Waals surface area contributed by atoms with Crippen molar-refractivity contribution in [2.45, 2.75) is 46.0 Å². The minimum absolute atomic E-state index is 0.178. The summed E-state index contributed by atoms with van der Waals surface area (Å²) in [6, 6.07) is 0. The molecule has 1 heteroatoms. The van der Waals surface area contributed by atoms with E-state index >= 15 is 0 Å². The Kier molecular flexibility index (Phi) is 5.54. The van der Waals surface area contributed by atoms with E-state index in [-0.39, 0.29) is 6.61 Å². The van der Waals surface area contributed by atoms with Crippen LogP contribution in [0, 0.1) is 5.92 Å². The molecule has 0 heterocycles. The van der Waals surface area contributed by atoms with Crippen molar-refractivity contribution >= 4 is 0 Å². The molecule has 1 aliphatic carbocycles. The van der Waals surface area contributed by atoms with Gasteiger partial charge in [0.15, 0.2) is 0 Å². The van der Waals surface area contributed by atoms with Gasteiger partial charge in [-0.15, -0.1) is 0 Å². The van der Waals surface area contributed by atoms with Crippen molar-refractivity contribution in [3.8, 4) is 0 Å². The summed E-state index contributed by atoms with van der Waals surface area (Å²) in [4.78, 5) is 0. The lowest BCUT2D eigenvalue weighted by Crippen LogP contribution is -2.07. The third-order valence-electron chi connectivity index (χ3n) is 3.42. The van der Waals surface area contributed by atoms with E-state index < -0.39 is 0 Å². The maximum atomic E-state index is 8.88. The van der Waals surface area contributed by atoms with Crippen molar-refractivity contribution < 1.29 is 5.11 Å². The fraction of sp³-hybridized carbons (Fsp3) is 0.600. The van der Waals surface area contributed by atoms with Gasteiger partial charge in [0.2, 0.25) is 0 Å². The lowest BCUT2D eigenvalue weighted by Gasteiger charge is -2.22. The minimum atomic E-state index is 0.178. The summed E-state index contributed by atoms with van der Waals surface area (Å²) in [5.74, 6) is 0.687. The highest BCUT2D eigenvalue weighted by atomic mass is 16.3. The molecule has 0 saturated carbocycles. The second kappa shape index (κ2) is 6.70. The molecule has 0 saturated heterocycles. The molecule has 90 valence electrons. The Balaban J connectivity index is 2.31. The van der Waals surface area contributed by atoms with Crippen LogP contribution in [0.25, 0.3) is 0 Å². The zero-order chi connectivity index (χ0) is 12.0. The first-order chi connectivity index (χ1) is 7.63. The maximum Gasteiger partial charge on any atom is 0.0639 e. The number of allylic oxidation sites excluding steroid dienone is 4. The molecule has 1 rings (SSSR count). The molecular weight excluding hydrogens is 196 g/mol. The monoisotopic (exact) mass is 220 g/mol. The van der Waals surface area contributed by atoms with Crippen LogP contribution in [0.4, 0.5) is 0 Å². The Hall–Kier alpha value is -0.820. The lowest BCUT2D eigenvalue weighted by atomic mass is 9.84. The van der Waals surface area contributed by atoms with E-state index in [2.05, 4.69) is 25.7 Å². The molecule has 1 aliphatic rings. The molecular formula is C15H24O. The summed E-state index contributed by atoms with van der Waals surface area (Å²) in [5.41, 5.74) is 3.97. The summed E-state index contributed by atoms with van der Waals surface area (Å²) < 4.78 is 0. The Morgan fingerprint density at radius 2 is 2.38 bits per heavy atom. The van der Waals surface area contributed by atoms with E-state index in [4.69, 9.17) is 5.11 Å². The fourth-order valence-corrected chi connectivity index (χ4v) is 2.11. The van der Waals surface area contributed by atoms with Crippen molar-refractivity contribution in [3.05, 3.63) is 35.5 Å². The number of hydrogen-bond donors (Lipinski definition) is 1. The molecule has 16 heavy (non-hydrogen) atoms. The van der Waals surface area contributed by atoms with Crippen LogP contribution in [0.1, 0.15) is 46.0 Å². The molecule has 0 fully saturated rings. The zero-order valence-corrected chi connectivity index (χ0v) is 10.6. The van der Waals surface area contributed by atoms with Crippen LogP contribution in [-0.2, 0) is 0 Å². The molecule has 0 bridgehead atoms. The maximum absolute atomic E-state index is 8.88. The molecule has 0 amide bonds. The van der Waals surface area contributed by atoms with Gasteiger partial charge in [-0.2, -0.15) is 0 Å². The fourth-order valence-electron chi connectivity index (χ4n) is 2.11. The molecule has 0 aromatic carbocycles. The molecule has 1 atom stereocenters. The smallest absolute Gasteiger partial charge is 0.0639 e. The van der Waals surface area contributed by atoms with E-state index in [0.717, 1.165) is 18.4 Å². The Morgan fingerprint density at radius 3 is 2.94 bits per heavy atom. The molecule has 0 aromatic heterocycles. The third-order valence-corrected chi connectivity index (χ3v) is 3.42. The highest BCUT2D eigenvalue weighted by Crippen LogP contribution is 2.30. The quantitative estimate of drug-likeness (QED) is 0.694. The molecule has 0 radical (unpaired) electrons. The predicted molar refractivity (Wildman–Crippen MR) is 70.3 cm³/mol. The van der Waals surface area contributed by atoms with Crippen molar-refractivity contribution in [1.82, 2.24) is 0 Å². The second-order valence-corrected chi connectivity index (χ2v) is 4.93. The molecule has 0 aliphatic heterocycles. The Labute approximate surface area is 99.6 Å². The van der Waals surface area contributed by atoms with E-state index in [0.29, 0.717) is 5.92 Å². The van der Waals surface area contributed by atoms with Crippen molar-refractivity contribution in [1.29, 1.82) is 0 Å². The van der Waals surface area contributed by atoms with Crippen LogP contribution in [0.15, 0.2) is 35.5 Å². The predicted octanol–water partition coefficient (Wildman–Crippen LogP) is 4.01. The van der Waals surface area contributed by atoms with Gasteiger partial charge in [0.05, 0.1) is 6.61 Å². The van der Waals surface area contributed by atoms with Gasteiger partial charge in [-0.3, -0.25) is 0 Å². The number of hydrogen-bond acceptors (Lipinski definition) is 1. The molecule has 0 aromatic rings. The standard InChI is InChI=1S/C15H24O/c1-12-7-9-15(10-8-12)14(3)6-4-5-13(2)11-16/h5,7,15-16H,3-4,6,8-11H2,1-2H3/b13-5-. The Morgan fingerprint density at radius 1 is 1.62 bits per heavy atom. The number of aliphatic hydroxyl groups excluding tert-OH is 1. The van der Waals surface area contributed by atoms with Gasteiger partial charge in [-0.1, -0.05) is 35.5 Å². The van der Waals surface area contributed by atoms with Gasteiger partial charge < -0.3 is 5.11 Å². The highest BCUT2D eigenvalue weighted by molar-refractivity contribution is 5.12. The normalized spacial score (nSPS) is 21.8. The first-order valence-electron chi connectivity index (χ1n) is 6.23. The molecule has 1 unspecified atom stereocenters. The first-order valence-corrected chi connectivity index (χ1v) is 6.23. The van der Waals surface area contributed by atoms with Crippen LogP contribution in [-0.4, -0.2) is 11.7 Å². The lowest BCUT2D eigenvalue weighted by molar-refractivity contribution is 0.331. The highest BCUT2D eigenvalue weighted by Gasteiger charge is 2.14. The average Bonchev–Trinajstić information content (AvgIpc) is 2.29. The van der Waals surface area contributed by atoms with Crippen LogP contribution >= 0.6 is 0 Å². The molecule has 1 N–H and O–H groups in total. The van der Waals surface area contributed by atoms with Gasteiger partial charge in [-0.05, 0) is 51.9 Å². The van der Waals surface area contributed by atoms with Gasteiger partial charge in [0.1, 0.15) is 0 Å². The SMILES string of the molecule is C=C(CC/C=C(/C)CO)C1CC=C(C)CC1. The molecule has 0 spiro atoms. The second-order valence-electron chi connectivity index (χ2n) is 4.93. The number of rotatable bonds is 5. The zero-order valence-electron chi connectivity index (χ0n) is 10.6. The van der Waals surface area contributed by atoms with Gasteiger partial charge in [-0.25, -0.2) is 0 Å². The summed E-state index contributed by atoms with van der Waals surface area (Å²) in [5, 5.41) is 8.88. The topological polar surface area (TPSA) is 20.2 Å². The van der Waals surface area contributed by atoms with Crippen molar-refractivity contribution in [2.24, 2.45) is 5.92 Å². The summed E-state index contributed by atoms with van der Waals surface area (Å²) in [6.45, 7) is 8.57. The Bertz CT molecular complexity index is 297. The van der Waals surface area contributed by atoms with E-state index in [1.165, 1.54) is 30.4 Å². The van der Waals surface area contributed by atoms with Crippen LogP contribution in [0.3, 0.4) is 0 Å². The van der Waals surface area contributed by atoms with Crippen molar-refractivity contribution in [3.63, 3.8) is 0 Å². The third kappa shape index (κ3) is 4.36. The summed E-state index contributed by atoms with van der Waals surface area (Å²) in [7, 11) is 0.